The molecule has 0 aliphatic carbocycles. The molecule has 4 heteroatoms. The van der Waals surface area contributed by atoms with Gasteiger partial charge in [-0.15, -0.1) is 0 Å². The zero-order valence-electron chi connectivity index (χ0n) is 12.1. The molecule has 0 aromatic heterocycles. The highest BCUT2D eigenvalue weighted by atomic mass is 79.9. The van der Waals surface area contributed by atoms with Crippen molar-refractivity contribution in [2.45, 2.75) is 19.5 Å². The minimum absolute atomic E-state index is 0.206. The van der Waals surface area contributed by atoms with Crippen molar-refractivity contribution in [1.29, 1.82) is 5.26 Å². The standard InChI is InChI=1S/C17H17BrN2O/c1-12(15-6-7-17(21-2)16(18)9-15)20-11-14-5-3-4-13(8-14)10-19/h3-9,12,20H,11H2,1-2H3. The van der Waals surface area contributed by atoms with Crippen molar-refractivity contribution in [3.8, 4) is 11.8 Å². The fraction of sp³-hybridized carbons (Fsp3) is 0.235. The topological polar surface area (TPSA) is 45.0 Å². The summed E-state index contributed by atoms with van der Waals surface area (Å²) in [7, 11) is 1.66. The van der Waals surface area contributed by atoms with E-state index < -0.39 is 0 Å². The second kappa shape index (κ2) is 7.26. The molecule has 2 aromatic rings. The third-order valence-corrected chi connectivity index (χ3v) is 3.96. The van der Waals surface area contributed by atoms with Gasteiger partial charge in [0.25, 0.3) is 0 Å². The van der Waals surface area contributed by atoms with Crippen LogP contribution in [0.2, 0.25) is 0 Å². The molecule has 0 radical (unpaired) electrons. The number of nitrogens with zero attached hydrogens (tertiary/aromatic N) is 1. The van der Waals surface area contributed by atoms with Crippen LogP contribution < -0.4 is 10.1 Å². The Labute approximate surface area is 133 Å². The summed E-state index contributed by atoms with van der Waals surface area (Å²) >= 11 is 3.50. The number of hydrogen-bond acceptors (Lipinski definition) is 3. The summed E-state index contributed by atoms with van der Waals surface area (Å²) in [5.41, 5.74) is 2.97. The molecule has 0 aliphatic heterocycles. The van der Waals surface area contributed by atoms with Crippen molar-refractivity contribution < 1.29 is 4.74 Å². The monoisotopic (exact) mass is 344 g/mol. The maximum absolute atomic E-state index is 8.91. The number of halogens is 1. The molecule has 0 heterocycles. The van der Waals surface area contributed by atoms with Crippen molar-refractivity contribution in [2.24, 2.45) is 0 Å². The summed E-state index contributed by atoms with van der Waals surface area (Å²) in [5, 5.41) is 12.4. The van der Waals surface area contributed by atoms with Crippen LogP contribution in [-0.4, -0.2) is 7.11 Å². The third kappa shape index (κ3) is 4.07. The van der Waals surface area contributed by atoms with Gasteiger partial charge in [-0.05, 0) is 58.2 Å². The molecule has 0 aliphatic rings. The number of nitriles is 1. The van der Waals surface area contributed by atoms with Crippen molar-refractivity contribution in [3.63, 3.8) is 0 Å². The van der Waals surface area contributed by atoms with Gasteiger partial charge in [0.05, 0.1) is 23.2 Å². The van der Waals surface area contributed by atoms with Crippen LogP contribution in [-0.2, 0) is 6.54 Å². The normalized spacial score (nSPS) is 11.7. The van der Waals surface area contributed by atoms with Crippen LogP contribution in [0.25, 0.3) is 0 Å². The summed E-state index contributed by atoms with van der Waals surface area (Å²) in [6.07, 6.45) is 0. The van der Waals surface area contributed by atoms with Gasteiger partial charge in [-0.3, -0.25) is 0 Å². The van der Waals surface area contributed by atoms with E-state index in [0.717, 1.165) is 22.3 Å². The average Bonchev–Trinajstić information content (AvgIpc) is 2.52. The minimum Gasteiger partial charge on any atom is -0.496 e. The second-order valence-corrected chi connectivity index (χ2v) is 5.66. The lowest BCUT2D eigenvalue weighted by molar-refractivity contribution is 0.411. The van der Waals surface area contributed by atoms with Crippen LogP contribution in [0.4, 0.5) is 0 Å². The van der Waals surface area contributed by atoms with Crippen molar-refractivity contribution in [3.05, 3.63) is 63.6 Å². The first-order chi connectivity index (χ1) is 10.1. The Kier molecular flexibility index (Phi) is 5.38. The van der Waals surface area contributed by atoms with E-state index in [2.05, 4.69) is 40.3 Å². The molecule has 0 saturated heterocycles. The lowest BCUT2D eigenvalue weighted by Crippen LogP contribution is -2.18. The van der Waals surface area contributed by atoms with Gasteiger partial charge in [-0.1, -0.05) is 18.2 Å². The van der Waals surface area contributed by atoms with E-state index in [4.69, 9.17) is 10.00 Å². The van der Waals surface area contributed by atoms with Gasteiger partial charge >= 0.3 is 0 Å². The van der Waals surface area contributed by atoms with Crippen molar-refractivity contribution >= 4 is 15.9 Å². The molecule has 0 bridgehead atoms. The summed E-state index contributed by atoms with van der Waals surface area (Å²) < 4.78 is 6.18. The van der Waals surface area contributed by atoms with E-state index >= 15 is 0 Å². The quantitative estimate of drug-likeness (QED) is 0.884. The van der Waals surface area contributed by atoms with Gasteiger partial charge in [0, 0.05) is 12.6 Å². The molecular weight excluding hydrogens is 328 g/mol. The Bertz CT molecular complexity index is 664. The van der Waals surface area contributed by atoms with E-state index in [9.17, 15) is 0 Å². The van der Waals surface area contributed by atoms with Crippen LogP contribution in [0.3, 0.4) is 0 Å². The van der Waals surface area contributed by atoms with E-state index in [1.54, 1.807) is 7.11 Å². The van der Waals surface area contributed by atoms with Crippen LogP contribution in [0.5, 0.6) is 5.75 Å². The van der Waals surface area contributed by atoms with Crippen LogP contribution in [0.15, 0.2) is 46.9 Å². The smallest absolute Gasteiger partial charge is 0.133 e. The molecule has 0 amide bonds. The Hall–Kier alpha value is -1.83. The first kappa shape index (κ1) is 15.6. The van der Waals surface area contributed by atoms with Crippen LogP contribution >= 0.6 is 15.9 Å². The summed E-state index contributed by atoms with van der Waals surface area (Å²) in [4.78, 5) is 0. The maximum atomic E-state index is 8.91. The number of nitrogens with one attached hydrogen (secondary N) is 1. The molecule has 1 unspecified atom stereocenters. The molecule has 3 nitrogen and oxygen atoms in total. The summed E-state index contributed by atoms with van der Waals surface area (Å²) in [5.74, 6) is 0.827. The highest BCUT2D eigenvalue weighted by Crippen LogP contribution is 2.28. The Morgan fingerprint density at radius 2 is 2.10 bits per heavy atom. The number of ether oxygens (including phenoxy) is 1. The van der Waals surface area contributed by atoms with Gasteiger partial charge in [-0.25, -0.2) is 0 Å². The molecule has 2 rings (SSSR count). The predicted octanol–water partition coefficient (Wildman–Crippen LogP) is 4.18. The van der Waals surface area contributed by atoms with Gasteiger partial charge in [0.1, 0.15) is 5.75 Å². The van der Waals surface area contributed by atoms with Gasteiger partial charge in [0.2, 0.25) is 0 Å². The first-order valence-electron chi connectivity index (χ1n) is 6.70. The molecule has 1 N–H and O–H groups in total. The van der Waals surface area contributed by atoms with Crippen LogP contribution in [0.1, 0.15) is 29.7 Å². The molecule has 1 atom stereocenters. The SMILES string of the molecule is COc1ccc(C(C)NCc2cccc(C#N)c2)cc1Br. The molecule has 21 heavy (non-hydrogen) atoms. The van der Waals surface area contributed by atoms with Gasteiger partial charge in [0.15, 0.2) is 0 Å². The van der Waals surface area contributed by atoms with E-state index in [-0.39, 0.29) is 6.04 Å². The number of benzene rings is 2. The highest BCUT2D eigenvalue weighted by molar-refractivity contribution is 9.10. The summed E-state index contributed by atoms with van der Waals surface area (Å²) in [6, 6.07) is 16.1. The lowest BCUT2D eigenvalue weighted by Gasteiger charge is -2.16. The molecule has 0 spiro atoms. The Balaban J connectivity index is 2.03. The Morgan fingerprint density at radius 3 is 2.76 bits per heavy atom. The van der Waals surface area contributed by atoms with Gasteiger partial charge < -0.3 is 10.1 Å². The Morgan fingerprint density at radius 1 is 1.29 bits per heavy atom. The second-order valence-electron chi connectivity index (χ2n) is 4.81. The van der Waals surface area contributed by atoms with E-state index in [0.29, 0.717) is 5.56 Å². The third-order valence-electron chi connectivity index (χ3n) is 3.34. The lowest BCUT2D eigenvalue weighted by atomic mass is 10.1. The van der Waals surface area contributed by atoms with E-state index in [1.807, 2.05) is 36.4 Å². The molecule has 0 saturated carbocycles. The van der Waals surface area contributed by atoms with Crippen molar-refractivity contribution in [1.82, 2.24) is 5.32 Å². The molecule has 2 aromatic carbocycles. The minimum atomic E-state index is 0.206. The fourth-order valence-corrected chi connectivity index (χ4v) is 2.65. The zero-order valence-corrected chi connectivity index (χ0v) is 13.6. The first-order valence-corrected chi connectivity index (χ1v) is 7.49. The van der Waals surface area contributed by atoms with Crippen LogP contribution in [0, 0.1) is 11.3 Å². The zero-order chi connectivity index (χ0) is 15.2. The maximum Gasteiger partial charge on any atom is 0.133 e. The molecular formula is C17H17BrN2O. The van der Waals surface area contributed by atoms with Crippen molar-refractivity contribution in [2.75, 3.05) is 7.11 Å². The number of hydrogen-bond donors (Lipinski definition) is 1. The molecule has 0 fully saturated rings. The average molecular weight is 345 g/mol. The fourth-order valence-electron chi connectivity index (χ4n) is 2.09. The largest absolute Gasteiger partial charge is 0.496 e. The number of methoxy groups -OCH3 is 1. The van der Waals surface area contributed by atoms with E-state index in [1.165, 1.54) is 5.56 Å². The van der Waals surface area contributed by atoms with Gasteiger partial charge in [-0.2, -0.15) is 5.26 Å². The number of rotatable bonds is 5. The highest BCUT2D eigenvalue weighted by Gasteiger charge is 2.08. The predicted molar refractivity (Wildman–Crippen MR) is 87.1 cm³/mol. The summed E-state index contributed by atoms with van der Waals surface area (Å²) in [6.45, 7) is 2.84. The molecule has 108 valence electrons.